The molecule has 1 aromatic heterocycles. The Labute approximate surface area is 92.9 Å². The standard InChI is InChI=1S/C10H17NO2PSi/c1-15(2,3)13-14(12)9-7-10-6-4-5-8-11-10/h4-6,8H,7,9H2,1-3H3/q+1. The highest BCUT2D eigenvalue weighted by Crippen LogP contribution is 2.28. The monoisotopic (exact) mass is 242 g/mol. The van der Waals surface area contributed by atoms with Crippen molar-refractivity contribution in [2.45, 2.75) is 26.1 Å². The Bertz CT molecular complexity index is 324. The third-order valence-electron chi connectivity index (χ3n) is 1.65. The smallest absolute Gasteiger partial charge is 0.261 e. The van der Waals surface area contributed by atoms with E-state index >= 15 is 0 Å². The predicted molar refractivity (Wildman–Crippen MR) is 64.8 cm³/mol. The van der Waals surface area contributed by atoms with Crippen molar-refractivity contribution in [3.63, 3.8) is 0 Å². The first-order valence-corrected chi connectivity index (χ1v) is 9.78. The van der Waals surface area contributed by atoms with E-state index in [1.54, 1.807) is 6.20 Å². The Balaban J connectivity index is 2.35. The molecule has 3 nitrogen and oxygen atoms in total. The van der Waals surface area contributed by atoms with Crippen molar-refractivity contribution in [2.75, 3.05) is 6.16 Å². The molecule has 5 heteroatoms. The molecule has 0 aliphatic heterocycles. The van der Waals surface area contributed by atoms with Crippen molar-refractivity contribution < 1.29 is 8.78 Å². The maximum Gasteiger partial charge on any atom is 0.496 e. The van der Waals surface area contributed by atoms with E-state index in [0.29, 0.717) is 6.16 Å². The highest BCUT2D eigenvalue weighted by atomic mass is 31.1. The average molecular weight is 242 g/mol. The van der Waals surface area contributed by atoms with Gasteiger partial charge >= 0.3 is 8.03 Å². The molecule has 0 amide bonds. The third-order valence-corrected chi connectivity index (χ3v) is 5.25. The molecule has 0 bridgehead atoms. The van der Waals surface area contributed by atoms with Gasteiger partial charge in [-0.2, -0.15) is 0 Å². The summed E-state index contributed by atoms with van der Waals surface area (Å²) in [5.41, 5.74) is 0.972. The van der Waals surface area contributed by atoms with Crippen LogP contribution in [0.3, 0.4) is 0 Å². The van der Waals surface area contributed by atoms with E-state index < -0.39 is 16.3 Å². The average Bonchev–Trinajstić information content (AvgIpc) is 2.14. The maximum atomic E-state index is 11.6. The zero-order valence-electron chi connectivity index (χ0n) is 9.43. The molecular formula is C10H17NO2PSi+. The van der Waals surface area contributed by atoms with Crippen LogP contribution in [0.4, 0.5) is 0 Å². The molecule has 0 aromatic carbocycles. The van der Waals surface area contributed by atoms with Gasteiger partial charge in [-0.05, 0) is 36.3 Å². The summed E-state index contributed by atoms with van der Waals surface area (Å²) in [6.07, 6.45) is 3.04. The second-order valence-electron chi connectivity index (χ2n) is 4.33. The summed E-state index contributed by atoms with van der Waals surface area (Å²) in [7, 11) is -3.18. The minimum absolute atomic E-state index is 0.566. The number of hydrogen-bond donors (Lipinski definition) is 0. The number of rotatable bonds is 5. The van der Waals surface area contributed by atoms with Crippen LogP contribution in [0.5, 0.6) is 0 Å². The minimum Gasteiger partial charge on any atom is -0.261 e. The number of hydrogen-bond acceptors (Lipinski definition) is 3. The molecule has 15 heavy (non-hydrogen) atoms. The molecular weight excluding hydrogens is 225 g/mol. The molecule has 0 aliphatic rings. The zero-order valence-corrected chi connectivity index (χ0v) is 11.3. The fraction of sp³-hybridized carbons (Fsp3) is 0.500. The molecule has 0 spiro atoms. The van der Waals surface area contributed by atoms with Crippen molar-refractivity contribution in [2.24, 2.45) is 0 Å². The third kappa shape index (κ3) is 5.77. The summed E-state index contributed by atoms with van der Waals surface area (Å²) in [4.78, 5) is 4.17. The molecule has 1 unspecified atom stereocenters. The molecule has 1 aromatic rings. The van der Waals surface area contributed by atoms with Gasteiger partial charge in [0.2, 0.25) is 0 Å². The lowest BCUT2D eigenvalue weighted by Gasteiger charge is -2.05. The van der Waals surface area contributed by atoms with Gasteiger partial charge in [-0.3, -0.25) is 4.98 Å². The molecule has 0 N–H and O–H groups in total. The van der Waals surface area contributed by atoms with E-state index in [2.05, 4.69) is 4.98 Å². The number of aromatic nitrogens is 1. The molecule has 0 saturated carbocycles. The Morgan fingerprint density at radius 3 is 2.67 bits per heavy atom. The summed E-state index contributed by atoms with van der Waals surface area (Å²) in [5, 5.41) is 0. The van der Waals surface area contributed by atoms with Gasteiger partial charge < -0.3 is 0 Å². The second kappa shape index (κ2) is 5.49. The van der Waals surface area contributed by atoms with Crippen LogP contribution in [0.1, 0.15) is 5.69 Å². The number of pyridine rings is 1. The summed E-state index contributed by atoms with van der Waals surface area (Å²) in [6.45, 7) is 6.13. The highest BCUT2D eigenvalue weighted by molar-refractivity contribution is 7.41. The lowest BCUT2D eigenvalue weighted by molar-refractivity contribution is 0.504. The fourth-order valence-electron chi connectivity index (χ4n) is 1.10. The second-order valence-corrected chi connectivity index (χ2v) is 10.4. The zero-order chi connectivity index (χ0) is 11.3. The molecule has 1 heterocycles. The van der Waals surface area contributed by atoms with Crippen LogP contribution >= 0.6 is 8.03 Å². The first kappa shape index (κ1) is 12.5. The van der Waals surface area contributed by atoms with E-state index in [-0.39, 0.29) is 0 Å². The van der Waals surface area contributed by atoms with Gasteiger partial charge in [0.1, 0.15) is 0 Å². The largest absolute Gasteiger partial charge is 0.496 e. The Kier molecular flexibility index (Phi) is 4.58. The van der Waals surface area contributed by atoms with Crippen molar-refractivity contribution >= 4 is 16.3 Å². The van der Waals surface area contributed by atoms with E-state index in [1.165, 1.54) is 0 Å². The summed E-state index contributed by atoms with van der Waals surface area (Å²) >= 11 is 0. The lowest BCUT2D eigenvalue weighted by Crippen LogP contribution is -2.21. The lowest BCUT2D eigenvalue weighted by atomic mass is 10.3. The first-order valence-electron chi connectivity index (χ1n) is 5.01. The quantitative estimate of drug-likeness (QED) is 0.588. The summed E-state index contributed by atoms with van der Waals surface area (Å²) in [5.74, 6) is 0. The van der Waals surface area contributed by atoms with Crippen LogP contribution in [0.2, 0.25) is 19.6 Å². The van der Waals surface area contributed by atoms with Gasteiger partial charge in [-0.25, -0.2) is 4.21 Å². The highest BCUT2D eigenvalue weighted by Gasteiger charge is 2.29. The minimum atomic E-state index is -1.66. The fourth-order valence-corrected chi connectivity index (χ4v) is 4.32. The number of nitrogens with zero attached hydrogens (tertiary/aromatic N) is 1. The van der Waals surface area contributed by atoms with E-state index in [0.717, 1.165) is 12.1 Å². The normalized spacial score (nSPS) is 12.6. The SMILES string of the molecule is C[Si](C)(C)O[P+](=O)CCc1ccccn1. The Morgan fingerprint density at radius 1 is 1.40 bits per heavy atom. The summed E-state index contributed by atoms with van der Waals surface area (Å²) < 4.78 is 17.0. The Morgan fingerprint density at radius 2 is 2.13 bits per heavy atom. The van der Waals surface area contributed by atoms with Crippen LogP contribution in [0, 0.1) is 0 Å². The van der Waals surface area contributed by atoms with Crippen LogP contribution in [-0.4, -0.2) is 19.5 Å². The Hall–Kier alpha value is -0.573. The van der Waals surface area contributed by atoms with Crippen LogP contribution in [0.25, 0.3) is 0 Å². The van der Waals surface area contributed by atoms with Crippen molar-refractivity contribution in [1.82, 2.24) is 4.98 Å². The molecule has 0 fully saturated rings. The van der Waals surface area contributed by atoms with Crippen molar-refractivity contribution in [1.29, 1.82) is 0 Å². The topological polar surface area (TPSA) is 39.2 Å². The van der Waals surface area contributed by atoms with Gasteiger partial charge in [0.15, 0.2) is 6.16 Å². The van der Waals surface area contributed by atoms with Crippen LogP contribution < -0.4 is 0 Å². The predicted octanol–water partition coefficient (Wildman–Crippen LogP) is 3.22. The van der Waals surface area contributed by atoms with Crippen LogP contribution in [0.15, 0.2) is 24.4 Å². The molecule has 1 atom stereocenters. The van der Waals surface area contributed by atoms with Crippen LogP contribution in [-0.2, 0) is 15.2 Å². The van der Waals surface area contributed by atoms with Crippen molar-refractivity contribution in [3.05, 3.63) is 30.1 Å². The molecule has 0 radical (unpaired) electrons. The maximum absolute atomic E-state index is 11.6. The molecule has 0 saturated heterocycles. The van der Waals surface area contributed by atoms with E-state index in [9.17, 15) is 4.57 Å². The van der Waals surface area contributed by atoms with Gasteiger partial charge in [0.05, 0.1) is 0 Å². The van der Waals surface area contributed by atoms with Gasteiger partial charge in [0.25, 0.3) is 8.32 Å². The van der Waals surface area contributed by atoms with E-state index in [4.69, 9.17) is 4.21 Å². The molecule has 82 valence electrons. The van der Waals surface area contributed by atoms with E-state index in [1.807, 2.05) is 37.8 Å². The van der Waals surface area contributed by atoms with Gasteiger partial charge in [-0.15, -0.1) is 0 Å². The summed E-state index contributed by atoms with van der Waals surface area (Å²) in [6, 6.07) is 5.76. The molecule has 0 aliphatic carbocycles. The molecule has 1 rings (SSSR count). The van der Waals surface area contributed by atoms with Gasteiger partial charge in [-0.1, -0.05) is 6.07 Å². The van der Waals surface area contributed by atoms with Crippen molar-refractivity contribution in [3.8, 4) is 0 Å². The first-order chi connectivity index (χ1) is 6.97. The van der Waals surface area contributed by atoms with Gasteiger partial charge in [0, 0.05) is 18.3 Å². The number of aryl methyl sites for hydroxylation is 1.